The molecule has 0 aliphatic carbocycles. The highest BCUT2D eigenvalue weighted by atomic mass is 35.5. The molecule has 2 nitrogen and oxygen atoms in total. The van der Waals surface area contributed by atoms with Crippen LogP contribution in [-0.2, 0) is 5.54 Å². The van der Waals surface area contributed by atoms with Crippen LogP contribution in [0.15, 0.2) is 17.1 Å². The summed E-state index contributed by atoms with van der Waals surface area (Å²) in [4.78, 5) is 7.24. The van der Waals surface area contributed by atoms with Gasteiger partial charge >= 0.3 is 0 Å². The number of rotatable bonds is 0. The van der Waals surface area contributed by atoms with E-state index >= 15 is 0 Å². The van der Waals surface area contributed by atoms with Crippen LogP contribution in [0.1, 0.15) is 45.1 Å². The number of nitrogens with zero attached hydrogens (tertiary/aromatic N) is 2. The number of hydrogen-bond donors (Lipinski definition) is 0. The van der Waals surface area contributed by atoms with Crippen molar-refractivity contribution < 1.29 is 0 Å². The first-order valence-electron chi connectivity index (χ1n) is 6.85. The van der Waals surface area contributed by atoms with Gasteiger partial charge in [0.15, 0.2) is 0 Å². The molecule has 0 atom stereocenters. The molecule has 2 aliphatic heterocycles. The van der Waals surface area contributed by atoms with Crippen molar-refractivity contribution in [3.05, 3.63) is 27.7 Å². The quantitative estimate of drug-likeness (QED) is 0.646. The number of benzene rings is 1. The fraction of sp³-hybridized carbons (Fsp3) is 0.533. The second kappa shape index (κ2) is 4.68. The van der Waals surface area contributed by atoms with E-state index in [9.17, 15) is 0 Å². The monoisotopic (exact) mass is 296 g/mol. The first-order chi connectivity index (χ1) is 9.00. The molecule has 4 heteroatoms. The van der Waals surface area contributed by atoms with Gasteiger partial charge in [-0.2, -0.15) is 0 Å². The third kappa shape index (κ3) is 2.15. The molecule has 3 rings (SSSR count). The minimum absolute atomic E-state index is 0.113. The predicted molar refractivity (Wildman–Crippen MR) is 81.8 cm³/mol. The van der Waals surface area contributed by atoms with Crippen molar-refractivity contribution in [3.8, 4) is 0 Å². The zero-order chi connectivity index (χ0) is 13.6. The van der Waals surface area contributed by atoms with Gasteiger partial charge in [-0.3, -0.25) is 0 Å². The van der Waals surface area contributed by atoms with Gasteiger partial charge in [0, 0.05) is 28.6 Å². The Labute approximate surface area is 124 Å². The molecule has 1 fully saturated rings. The maximum atomic E-state index is 6.42. The molecule has 0 unspecified atom stereocenters. The number of fused-ring (bicyclic) bond motifs is 2. The number of aliphatic imine (C=N–C) groups is 1. The fourth-order valence-corrected chi connectivity index (χ4v) is 3.95. The predicted octanol–water partition coefficient (Wildman–Crippen LogP) is 5.15. The number of amidine groups is 1. The summed E-state index contributed by atoms with van der Waals surface area (Å²) in [6, 6.07) is 3.75. The molecular weight excluding hydrogens is 279 g/mol. The van der Waals surface area contributed by atoms with Crippen LogP contribution in [0, 0.1) is 0 Å². The number of hydrogen-bond acceptors (Lipinski definition) is 2. The molecule has 2 aliphatic rings. The first-order valence-corrected chi connectivity index (χ1v) is 7.60. The Balaban J connectivity index is 2.20. The second-order valence-electron chi connectivity index (χ2n) is 5.83. The smallest absolute Gasteiger partial charge is 0.105 e. The van der Waals surface area contributed by atoms with Crippen LogP contribution >= 0.6 is 23.2 Å². The lowest BCUT2D eigenvalue weighted by atomic mass is 9.88. The molecule has 19 heavy (non-hydrogen) atoms. The molecule has 0 N–H and O–H groups in total. The minimum atomic E-state index is -0.113. The zero-order valence-electron chi connectivity index (χ0n) is 11.3. The minimum Gasteiger partial charge on any atom is -0.351 e. The highest BCUT2D eigenvalue weighted by molar-refractivity contribution is 6.35. The van der Waals surface area contributed by atoms with Crippen LogP contribution in [0.4, 0.5) is 5.69 Å². The van der Waals surface area contributed by atoms with E-state index in [2.05, 4.69) is 18.7 Å². The number of halogens is 2. The summed E-state index contributed by atoms with van der Waals surface area (Å²) >= 11 is 12.5. The normalized spacial score (nSPS) is 21.3. The zero-order valence-corrected chi connectivity index (χ0v) is 12.9. The first kappa shape index (κ1) is 13.3. The van der Waals surface area contributed by atoms with E-state index in [-0.39, 0.29) is 5.54 Å². The Hall–Kier alpha value is -0.730. The van der Waals surface area contributed by atoms with Gasteiger partial charge in [-0.15, -0.1) is 0 Å². The van der Waals surface area contributed by atoms with Gasteiger partial charge < -0.3 is 4.90 Å². The third-order valence-electron chi connectivity index (χ3n) is 4.16. The molecule has 0 amide bonds. The summed E-state index contributed by atoms with van der Waals surface area (Å²) in [5.74, 6) is 1.19. The Morgan fingerprint density at radius 3 is 2.74 bits per heavy atom. The third-order valence-corrected chi connectivity index (χ3v) is 4.68. The van der Waals surface area contributed by atoms with Crippen molar-refractivity contribution in [1.29, 1.82) is 0 Å². The maximum Gasteiger partial charge on any atom is 0.105 e. The van der Waals surface area contributed by atoms with Gasteiger partial charge in [0.05, 0.1) is 11.2 Å². The van der Waals surface area contributed by atoms with Crippen LogP contribution in [-0.4, -0.2) is 17.3 Å². The van der Waals surface area contributed by atoms with Crippen molar-refractivity contribution >= 4 is 34.7 Å². The van der Waals surface area contributed by atoms with Crippen LogP contribution in [0.3, 0.4) is 0 Å². The average molecular weight is 297 g/mol. The maximum absolute atomic E-state index is 6.42. The molecule has 0 radical (unpaired) electrons. The van der Waals surface area contributed by atoms with E-state index < -0.39 is 0 Å². The molecule has 0 aromatic heterocycles. The topological polar surface area (TPSA) is 15.6 Å². The van der Waals surface area contributed by atoms with E-state index in [1.165, 1.54) is 25.1 Å². The molecule has 102 valence electrons. The van der Waals surface area contributed by atoms with Crippen molar-refractivity contribution in [2.45, 2.75) is 45.1 Å². The molecule has 0 bridgehead atoms. The van der Waals surface area contributed by atoms with Crippen molar-refractivity contribution in [3.63, 3.8) is 0 Å². The van der Waals surface area contributed by atoms with Crippen LogP contribution in [0.25, 0.3) is 0 Å². The summed E-state index contributed by atoms with van der Waals surface area (Å²) in [6.45, 7) is 5.52. The molecule has 1 aromatic carbocycles. The lowest BCUT2D eigenvalue weighted by Gasteiger charge is -2.44. The van der Waals surface area contributed by atoms with E-state index in [1.54, 1.807) is 0 Å². The summed E-state index contributed by atoms with van der Waals surface area (Å²) in [6.07, 6.45) is 4.77. The average Bonchev–Trinajstić information content (AvgIpc) is 2.52. The summed E-state index contributed by atoms with van der Waals surface area (Å²) in [5.41, 5.74) is 1.93. The lowest BCUT2D eigenvalue weighted by molar-refractivity contribution is 0.211. The fourth-order valence-electron chi connectivity index (χ4n) is 3.24. The molecular formula is C15H18Cl2N2. The summed E-state index contributed by atoms with van der Waals surface area (Å²) < 4.78 is 0. The second-order valence-corrected chi connectivity index (χ2v) is 6.67. The molecule has 0 spiro atoms. The standard InChI is InChI=1S/C15H18Cl2N2/c1-15(2)14-11(17)8-10(16)9-12(14)18-13-6-4-3-5-7-19(13)15/h8-9H,3-7H2,1-2H3. The summed E-state index contributed by atoms with van der Waals surface area (Å²) in [7, 11) is 0. The van der Waals surface area contributed by atoms with Crippen molar-refractivity contribution in [2.24, 2.45) is 4.99 Å². The van der Waals surface area contributed by atoms with Crippen LogP contribution < -0.4 is 0 Å². The lowest BCUT2D eigenvalue weighted by Crippen LogP contribution is -2.47. The highest BCUT2D eigenvalue weighted by Gasteiger charge is 2.38. The largest absolute Gasteiger partial charge is 0.351 e. The van der Waals surface area contributed by atoms with E-state index in [1.807, 2.05) is 12.1 Å². The Morgan fingerprint density at radius 1 is 1.16 bits per heavy atom. The summed E-state index contributed by atoms with van der Waals surface area (Å²) in [5, 5.41) is 1.38. The molecule has 1 saturated heterocycles. The molecule has 1 aromatic rings. The highest BCUT2D eigenvalue weighted by Crippen LogP contribution is 2.45. The molecule has 0 saturated carbocycles. The Morgan fingerprint density at radius 2 is 1.95 bits per heavy atom. The van der Waals surface area contributed by atoms with Crippen molar-refractivity contribution in [2.75, 3.05) is 6.54 Å². The van der Waals surface area contributed by atoms with E-state index in [4.69, 9.17) is 28.2 Å². The SMILES string of the molecule is CC1(C)c2c(Cl)cc(Cl)cc2N=C2CCCCCN21. The van der Waals surface area contributed by atoms with Gasteiger partial charge in [-0.1, -0.05) is 29.6 Å². The Kier molecular flexibility index (Phi) is 3.26. The van der Waals surface area contributed by atoms with Gasteiger partial charge in [0.25, 0.3) is 0 Å². The Bertz CT molecular complexity index is 549. The van der Waals surface area contributed by atoms with Gasteiger partial charge in [-0.05, 0) is 38.8 Å². The van der Waals surface area contributed by atoms with Gasteiger partial charge in [0.2, 0.25) is 0 Å². The van der Waals surface area contributed by atoms with Gasteiger partial charge in [-0.25, -0.2) is 4.99 Å². The van der Waals surface area contributed by atoms with E-state index in [0.29, 0.717) is 5.02 Å². The van der Waals surface area contributed by atoms with Gasteiger partial charge in [0.1, 0.15) is 5.84 Å². The van der Waals surface area contributed by atoms with Crippen LogP contribution in [0.5, 0.6) is 0 Å². The molecule has 2 heterocycles. The van der Waals surface area contributed by atoms with Crippen LogP contribution in [0.2, 0.25) is 10.0 Å². The van der Waals surface area contributed by atoms with E-state index in [0.717, 1.165) is 29.2 Å². The van der Waals surface area contributed by atoms with Crippen molar-refractivity contribution in [1.82, 2.24) is 4.90 Å².